The lowest BCUT2D eigenvalue weighted by Crippen LogP contribution is -2.69. The van der Waals surface area contributed by atoms with Gasteiger partial charge in [0.2, 0.25) is 0 Å². The van der Waals surface area contributed by atoms with Gasteiger partial charge >= 0.3 is 23.9 Å². The Morgan fingerprint density at radius 2 is 1.55 bits per heavy atom. The van der Waals surface area contributed by atoms with Gasteiger partial charge in [0.25, 0.3) is 0 Å². The molecule has 0 aromatic heterocycles. The van der Waals surface area contributed by atoms with Gasteiger partial charge in [-0.25, -0.2) is 0 Å². The van der Waals surface area contributed by atoms with Crippen LogP contribution in [0.2, 0.25) is 0 Å². The van der Waals surface area contributed by atoms with Crippen molar-refractivity contribution in [2.75, 3.05) is 0 Å². The molecule has 0 aromatic rings. The van der Waals surface area contributed by atoms with Crippen LogP contribution in [0.4, 0.5) is 0 Å². The van der Waals surface area contributed by atoms with E-state index in [1.165, 1.54) is 27.7 Å². The highest BCUT2D eigenvalue weighted by Gasteiger charge is 2.70. The summed E-state index contributed by atoms with van der Waals surface area (Å²) in [5.74, 6) is -3.75. The summed E-state index contributed by atoms with van der Waals surface area (Å²) in [4.78, 5) is 49.0. The molecule has 3 aliphatic rings. The van der Waals surface area contributed by atoms with Gasteiger partial charge in [-0.1, -0.05) is 19.9 Å². The molecule has 38 heavy (non-hydrogen) atoms. The average Bonchev–Trinajstić information content (AvgIpc) is 3.13. The first-order valence-electron chi connectivity index (χ1n) is 13.3. The molecular formula is C28H42O10. The maximum absolute atomic E-state index is 12.5. The first-order valence-corrected chi connectivity index (χ1v) is 13.3. The van der Waals surface area contributed by atoms with E-state index in [-0.39, 0.29) is 12.3 Å². The Balaban J connectivity index is 2.30. The quantitative estimate of drug-likeness (QED) is 0.316. The molecule has 0 aromatic carbocycles. The van der Waals surface area contributed by atoms with E-state index in [1.54, 1.807) is 13.8 Å². The largest absolute Gasteiger partial charge is 0.458 e. The van der Waals surface area contributed by atoms with Gasteiger partial charge in [0.1, 0.15) is 12.2 Å². The van der Waals surface area contributed by atoms with Crippen LogP contribution in [0.3, 0.4) is 0 Å². The molecule has 0 spiro atoms. The van der Waals surface area contributed by atoms with Crippen LogP contribution in [0.15, 0.2) is 11.6 Å². The third-order valence-electron chi connectivity index (χ3n) is 8.27. The zero-order chi connectivity index (χ0) is 28.7. The number of rotatable bonds is 5. The molecule has 10 nitrogen and oxygen atoms in total. The molecule has 3 rings (SSSR count). The second-order valence-corrected chi connectivity index (χ2v) is 11.7. The Labute approximate surface area is 224 Å². The molecule has 10 atom stereocenters. The van der Waals surface area contributed by atoms with E-state index in [0.717, 1.165) is 5.57 Å². The van der Waals surface area contributed by atoms with E-state index in [2.05, 4.69) is 0 Å². The number of aliphatic hydroxyl groups is 1. The fourth-order valence-electron chi connectivity index (χ4n) is 7.01. The average molecular weight is 539 g/mol. The Morgan fingerprint density at radius 1 is 0.974 bits per heavy atom. The third kappa shape index (κ3) is 5.76. The second-order valence-electron chi connectivity index (χ2n) is 11.7. The number of hydrogen-bond donors (Lipinski definition) is 1. The van der Waals surface area contributed by atoms with E-state index in [4.69, 9.17) is 23.7 Å². The number of ether oxygens (including phenoxy) is 5. The van der Waals surface area contributed by atoms with Gasteiger partial charge in [0, 0.05) is 45.4 Å². The molecule has 2 fully saturated rings. The number of fused-ring (bicyclic) bond motifs is 5. The summed E-state index contributed by atoms with van der Waals surface area (Å²) in [5.41, 5.74) is -2.11. The summed E-state index contributed by atoms with van der Waals surface area (Å²) in [5, 5.41) is 11.8. The van der Waals surface area contributed by atoms with E-state index < -0.39 is 83.4 Å². The van der Waals surface area contributed by atoms with Gasteiger partial charge in [-0.2, -0.15) is 0 Å². The summed E-state index contributed by atoms with van der Waals surface area (Å²) >= 11 is 0. The highest BCUT2D eigenvalue weighted by molar-refractivity contribution is 5.69. The second kappa shape index (κ2) is 11.0. The maximum atomic E-state index is 12.5. The first kappa shape index (κ1) is 30.1. The Hall–Kier alpha value is -2.46. The summed E-state index contributed by atoms with van der Waals surface area (Å²) < 4.78 is 29.8. The van der Waals surface area contributed by atoms with Crippen molar-refractivity contribution in [2.24, 2.45) is 23.7 Å². The van der Waals surface area contributed by atoms with E-state index in [9.17, 15) is 24.3 Å². The molecule has 0 unspecified atom stereocenters. The fraction of sp³-hybridized carbons (Fsp3) is 0.786. The van der Waals surface area contributed by atoms with Crippen LogP contribution in [-0.4, -0.2) is 70.7 Å². The van der Waals surface area contributed by atoms with Crippen LogP contribution < -0.4 is 0 Å². The van der Waals surface area contributed by atoms with E-state index in [1.807, 2.05) is 26.8 Å². The van der Waals surface area contributed by atoms with Crippen molar-refractivity contribution in [2.45, 2.75) is 117 Å². The normalized spacial score (nSPS) is 41.9. The van der Waals surface area contributed by atoms with Crippen LogP contribution in [-0.2, 0) is 42.9 Å². The van der Waals surface area contributed by atoms with Gasteiger partial charge in [-0.15, -0.1) is 0 Å². The Kier molecular flexibility index (Phi) is 8.68. The van der Waals surface area contributed by atoms with Gasteiger partial charge in [0.15, 0.2) is 11.7 Å². The van der Waals surface area contributed by atoms with E-state index in [0.29, 0.717) is 6.42 Å². The van der Waals surface area contributed by atoms with Crippen molar-refractivity contribution in [3.8, 4) is 0 Å². The van der Waals surface area contributed by atoms with Crippen LogP contribution in [0.25, 0.3) is 0 Å². The van der Waals surface area contributed by atoms with Crippen molar-refractivity contribution in [3.05, 3.63) is 11.6 Å². The molecule has 2 bridgehead atoms. The molecular weight excluding hydrogens is 496 g/mol. The molecule has 2 aliphatic heterocycles. The maximum Gasteiger partial charge on any atom is 0.303 e. The SMILES string of the molecule is CC(=O)O[C@H]1[C@H](C(C)C)[C@@H]2[C@@H]([C@@H]3/C=C(/C)[C@@H](OC(C)=O)CC[C@@](C)(O)[C@H]2O3)[C@](C)(OC(C)=O)[C@H]1OC(C)=O. The van der Waals surface area contributed by atoms with Crippen LogP contribution >= 0.6 is 0 Å². The zero-order valence-electron chi connectivity index (χ0n) is 23.8. The summed E-state index contributed by atoms with van der Waals surface area (Å²) in [6.45, 7) is 14.2. The summed E-state index contributed by atoms with van der Waals surface area (Å²) in [6.07, 6.45) is -1.58. The van der Waals surface area contributed by atoms with Crippen LogP contribution in [0.5, 0.6) is 0 Å². The van der Waals surface area contributed by atoms with Gasteiger partial charge in [0.05, 0.1) is 17.8 Å². The lowest BCUT2D eigenvalue weighted by molar-refractivity contribution is -0.247. The minimum Gasteiger partial charge on any atom is -0.458 e. The predicted octanol–water partition coefficient (Wildman–Crippen LogP) is 2.88. The summed E-state index contributed by atoms with van der Waals surface area (Å²) in [6, 6.07) is 0. The van der Waals surface area contributed by atoms with Crippen LogP contribution in [0, 0.1) is 23.7 Å². The molecule has 0 amide bonds. The lowest BCUT2D eigenvalue weighted by atomic mass is 9.55. The van der Waals surface area contributed by atoms with Gasteiger partial charge in [-0.3, -0.25) is 19.2 Å². The highest BCUT2D eigenvalue weighted by atomic mass is 16.6. The minimum absolute atomic E-state index is 0.0887. The van der Waals surface area contributed by atoms with Crippen molar-refractivity contribution >= 4 is 23.9 Å². The predicted molar refractivity (Wildman–Crippen MR) is 134 cm³/mol. The number of esters is 4. The minimum atomic E-state index is -1.48. The molecule has 214 valence electrons. The third-order valence-corrected chi connectivity index (χ3v) is 8.27. The van der Waals surface area contributed by atoms with Crippen molar-refractivity contribution < 1.29 is 48.0 Å². The van der Waals surface area contributed by atoms with Crippen molar-refractivity contribution in [1.82, 2.24) is 0 Å². The molecule has 2 heterocycles. The fourth-order valence-corrected chi connectivity index (χ4v) is 7.01. The number of carbonyl (C=O) groups excluding carboxylic acids is 4. The monoisotopic (exact) mass is 538 g/mol. The molecule has 10 heteroatoms. The standard InChI is InChI=1S/C28H42O10/c1-13(2)21-22-23(28(9,38-18(7)32)26(36-17(6)31)24(21)35-16(5)30)20-12-14(3)19(34-15(4)29)10-11-27(8,33)25(22)37-20/h12-13,19-26,33H,10-11H2,1-9H3/b14-12-/t19-,20-,21+,22+,23+,24-,25-,26-,27+,28-/m0/s1. The lowest BCUT2D eigenvalue weighted by Gasteiger charge is -2.55. The molecule has 1 aliphatic carbocycles. The highest BCUT2D eigenvalue weighted by Crippen LogP contribution is 2.58. The molecule has 0 radical (unpaired) electrons. The Morgan fingerprint density at radius 3 is 2.05 bits per heavy atom. The molecule has 1 saturated carbocycles. The molecule has 1 saturated heterocycles. The van der Waals surface area contributed by atoms with Crippen molar-refractivity contribution in [1.29, 1.82) is 0 Å². The van der Waals surface area contributed by atoms with E-state index >= 15 is 0 Å². The zero-order valence-corrected chi connectivity index (χ0v) is 23.8. The summed E-state index contributed by atoms with van der Waals surface area (Å²) in [7, 11) is 0. The molecule has 1 N–H and O–H groups in total. The number of hydrogen-bond acceptors (Lipinski definition) is 10. The number of carbonyl (C=O) groups is 4. The van der Waals surface area contributed by atoms with Crippen LogP contribution in [0.1, 0.15) is 75.2 Å². The van der Waals surface area contributed by atoms with Gasteiger partial charge < -0.3 is 28.8 Å². The van der Waals surface area contributed by atoms with Gasteiger partial charge in [-0.05, 0) is 45.1 Å². The Bertz CT molecular complexity index is 984. The smallest absolute Gasteiger partial charge is 0.303 e. The topological polar surface area (TPSA) is 135 Å². The van der Waals surface area contributed by atoms with Crippen molar-refractivity contribution in [3.63, 3.8) is 0 Å². The first-order chi connectivity index (χ1) is 17.5.